The normalized spacial score (nSPS) is 13.1. The largest absolute Gasteiger partial charge is 0.308 e. The first-order valence-electron chi connectivity index (χ1n) is 12.7. The highest BCUT2D eigenvalue weighted by molar-refractivity contribution is 6.36. The molecule has 0 radical (unpaired) electrons. The molecule has 1 aliphatic rings. The maximum Gasteiger partial charge on any atom is 0.268 e. The van der Waals surface area contributed by atoms with Crippen molar-refractivity contribution in [3.8, 4) is 16.8 Å². The van der Waals surface area contributed by atoms with Crippen molar-refractivity contribution in [2.24, 2.45) is 0 Å². The third-order valence-corrected chi connectivity index (χ3v) is 7.44. The number of carbonyl (C=O) groups is 2. The number of anilines is 1. The van der Waals surface area contributed by atoms with Crippen LogP contribution in [0.2, 0.25) is 0 Å². The lowest BCUT2D eigenvalue weighted by Gasteiger charge is -2.18. The van der Waals surface area contributed by atoms with E-state index in [0.717, 1.165) is 32.9 Å². The molecule has 38 heavy (non-hydrogen) atoms. The predicted molar refractivity (Wildman–Crippen MR) is 153 cm³/mol. The Balaban J connectivity index is 1.47. The van der Waals surface area contributed by atoms with Gasteiger partial charge in [0.05, 0.1) is 33.5 Å². The number of imide groups is 1. The molecule has 0 aliphatic carbocycles. The summed E-state index contributed by atoms with van der Waals surface area (Å²) in [5, 5.41) is 2.26. The number of aryl methyl sites for hydroxylation is 2. The summed E-state index contributed by atoms with van der Waals surface area (Å²) in [7, 11) is 0. The second kappa shape index (κ2) is 8.29. The average molecular weight is 493 g/mol. The summed E-state index contributed by atoms with van der Waals surface area (Å²) in [6, 6.07) is 35.7. The summed E-state index contributed by atoms with van der Waals surface area (Å²) >= 11 is 0. The van der Waals surface area contributed by atoms with Crippen molar-refractivity contribution in [3.63, 3.8) is 0 Å². The first-order chi connectivity index (χ1) is 18.5. The molecule has 0 fully saturated rings. The number of aromatic nitrogens is 1. The topological polar surface area (TPSA) is 42.3 Å². The fourth-order valence-electron chi connectivity index (χ4n) is 5.71. The van der Waals surface area contributed by atoms with Crippen molar-refractivity contribution in [2.75, 3.05) is 4.90 Å². The number of hydrogen-bond donors (Lipinski definition) is 0. The smallest absolute Gasteiger partial charge is 0.268 e. The second-order valence-corrected chi connectivity index (χ2v) is 9.91. The average Bonchev–Trinajstić information content (AvgIpc) is 3.39. The number of hydrogen-bond acceptors (Lipinski definition) is 2. The highest BCUT2D eigenvalue weighted by atomic mass is 16.2. The van der Waals surface area contributed by atoms with E-state index in [2.05, 4.69) is 54.8 Å². The minimum atomic E-state index is -0.307. The Bertz CT molecular complexity index is 1870. The van der Waals surface area contributed by atoms with E-state index in [1.165, 1.54) is 16.0 Å². The van der Waals surface area contributed by atoms with Gasteiger partial charge in [-0.3, -0.25) is 9.59 Å². The summed E-state index contributed by atoms with van der Waals surface area (Å²) in [4.78, 5) is 29.3. The van der Waals surface area contributed by atoms with Crippen LogP contribution < -0.4 is 4.90 Å². The third kappa shape index (κ3) is 3.17. The summed E-state index contributed by atoms with van der Waals surface area (Å²) in [6.45, 7) is 4.17. The number of amides is 2. The second-order valence-electron chi connectivity index (χ2n) is 9.91. The minimum Gasteiger partial charge on any atom is -0.308 e. The standard InChI is InChI=1S/C34H24N2O2/c1-21-15-17-29-26(19-21)27-20-22(2)16-18-30(27)35(29)31-14-8-12-25-32(31)34(38)36(33(25)37)28-13-7-6-11-24(28)23-9-4-3-5-10-23/h3-20H,1-2H3. The third-order valence-electron chi connectivity index (χ3n) is 7.44. The van der Waals surface area contributed by atoms with Crippen LogP contribution >= 0.6 is 0 Å². The lowest BCUT2D eigenvalue weighted by atomic mass is 10.0. The monoisotopic (exact) mass is 492 g/mol. The van der Waals surface area contributed by atoms with Gasteiger partial charge >= 0.3 is 0 Å². The molecular formula is C34H24N2O2. The summed E-state index contributed by atoms with van der Waals surface area (Å²) in [6.07, 6.45) is 0. The fourth-order valence-corrected chi connectivity index (χ4v) is 5.71. The fraction of sp³-hybridized carbons (Fsp3) is 0.0588. The first-order valence-corrected chi connectivity index (χ1v) is 12.7. The van der Waals surface area contributed by atoms with E-state index in [4.69, 9.17) is 0 Å². The van der Waals surface area contributed by atoms with Crippen LogP contribution in [0.25, 0.3) is 38.6 Å². The van der Waals surface area contributed by atoms with Crippen molar-refractivity contribution in [3.05, 3.63) is 131 Å². The van der Waals surface area contributed by atoms with Crippen molar-refractivity contribution in [1.29, 1.82) is 0 Å². The van der Waals surface area contributed by atoms with Gasteiger partial charge in [-0.1, -0.05) is 77.9 Å². The van der Waals surface area contributed by atoms with E-state index in [-0.39, 0.29) is 11.8 Å². The molecule has 0 atom stereocenters. The Labute approximate surface area is 220 Å². The molecule has 2 amide bonds. The van der Waals surface area contributed by atoms with Crippen LogP contribution in [0.15, 0.2) is 109 Å². The van der Waals surface area contributed by atoms with Gasteiger partial charge in [-0.2, -0.15) is 0 Å². The van der Waals surface area contributed by atoms with Crippen LogP contribution in [0.1, 0.15) is 31.8 Å². The molecule has 0 bridgehead atoms. The lowest BCUT2D eigenvalue weighted by Crippen LogP contribution is -2.30. The van der Waals surface area contributed by atoms with Crippen molar-refractivity contribution < 1.29 is 9.59 Å². The molecule has 0 spiro atoms. The van der Waals surface area contributed by atoms with Crippen LogP contribution in [0.4, 0.5) is 5.69 Å². The van der Waals surface area contributed by atoms with Gasteiger partial charge in [-0.05, 0) is 61.9 Å². The van der Waals surface area contributed by atoms with E-state index < -0.39 is 0 Å². The van der Waals surface area contributed by atoms with E-state index in [1.807, 2.05) is 66.7 Å². The number of benzene rings is 5. The van der Waals surface area contributed by atoms with Crippen molar-refractivity contribution in [1.82, 2.24) is 4.57 Å². The van der Waals surface area contributed by atoms with E-state index in [1.54, 1.807) is 6.07 Å². The molecule has 4 nitrogen and oxygen atoms in total. The van der Waals surface area contributed by atoms with Gasteiger partial charge in [0.25, 0.3) is 11.8 Å². The Morgan fingerprint density at radius 1 is 0.526 bits per heavy atom. The van der Waals surface area contributed by atoms with Gasteiger partial charge in [0, 0.05) is 16.3 Å². The molecule has 1 aliphatic heterocycles. The first kappa shape index (κ1) is 22.3. The highest BCUT2D eigenvalue weighted by Gasteiger charge is 2.40. The van der Waals surface area contributed by atoms with Crippen LogP contribution in [-0.2, 0) is 0 Å². The molecule has 0 saturated heterocycles. The molecule has 0 unspecified atom stereocenters. The number of para-hydroxylation sites is 1. The quantitative estimate of drug-likeness (QED) is 0.236. The molecule has 4 heteroatoms. The lowest BCUT2D eigenvalue weighted by molar-refractivity contribution is 0.0926. The molecule has 5 aromatic carbocycles. The van der Waals surface area contributed by atoms with Crippen LogP contribution in [0.5, 0.6) is 0 Å². The van der Waals surface area contributed by atoms with E-state index >= 15 is 0 Å². The maximum absolute atomic E-state index is 14.2. The predicted octanol–water partition coefficient (Wildman–Crippen LogP) is 7.87. The van der Waals surface area contributed by atoms with Crippen molar-refractivity contribution >= 4 is 39.3 Å². The molecule has 2 heterocycles. The Morgan fingerprint density at radius 3 is 1.79 bits per heavy atom. The van der Waals surface area contributed by atoms with Gasteiger partial charge in [0.1, 0.15) is 0 Å². The van der Waals surface area contributed by atoms with Crippen LogP contribution in [0.3, 0.4) is 0 Å². The SMILES string of the molecule is Cc1ccc2c(c1)c1cc(C)ccc1n2-c1cccc2c1C(=O)N(c1ccccc1-c1ccccc1)C2=O. The Hall–Kier alpha value is -4.96. The highest BCUT2D eigenvalue weighted by Crippen LogP contribution is 2.40. The minimum absolute atomic E-state index is 0.303. The maximum atomic E-state index is 14.2. The van der Waals surface area contributed by atoms with Gasteiger partial charge in [-0.25, -0.2) is 4.90 Å². The number of nitrogens with zero attached hydrogens (tertiary/aromatic N) is 2. The summed E-state index contributed by atoms with van der Waals surface area (Å²) < 4.78 is 2.13. The van der Waals surface area contributed by atoms with Crippen LogP contribution in [-0.4, -0.2) is 16.4 Å². The zero-order valence-electron chi connectivity index (χ0n) is 21.1. The van der Waals surface area contributed by atoms with E-state index in [0.29, 0.717) is 22.5 Å². The molecule has 0 N–H and O–H groups in total. The van der Waals surface area contributed by atoms with Gasteiger partial charge in [0.15, 0.2) is 0 Å². The molecule has 0 saturated carbocycles. The molecule has 6 aromatic rings. The summed E-state index contributed by atoms with van der Waals surface area (Å²) in [5.74, 6) is -0.610. The molecule has 182 valence electrons. The number of fused-ring (bicyclic) bond motifs is 4. The Morgan fingerprint density at radius 2 is 1.11 bits per heavy atom. The van der Waals surface area contributed by atoms with Gasteiger partial charge in [-0.15, -0.1) is 0 Å². The Kier molecular flexibility index (Phi) is 4.85. The zero-order valence-corrected chi connectivity index (χ0v) is 21.1. The number of rotatable bonds is 3. The molecular weight excluding hydrogens is 468 g/mol. The van der Waals surface area contributed by atoms with Gasteiger partial charge < -0.3 is 4.57 Å². The molecule has 7 rings (SSSR count). The summed E-state index contributed by atoms with van der Waals surface area (Å²) in [5.41, 5.74) is 8.31. The van der Waals surface area contributed by atoms with E-state index in [9.17, 15) is 9.59 Å². The van der Waals surface area contributed by atoms with Crippen molar-refractivity contribution in [2.45, 2.75) is 13.8 Å². The zero-order chi connectivity index (χ0) is 26.0. The number of carbonyl (C=O) groups excluding carboxylic acids is 2. The van der Waals surface area contributed by atoms with Crippen LogP contribution in [0, 0.1) is 13.8 Å². The molecule has 1 aromatic heterocycles. The van der Waals surface area contributed by atoms with Gasteiger partial charge in [0.2, 0.25) is 0 Å².